The van der Waals surface area contributed by atoms with Crippen LogP contribution in [-0.4, -0.2) is 77.9 Å². The maximum Gasteiger partial charge on any atom is 0.310 e. The van der Waals surface area contributed by atoms with Gasteiger partial charge in [-0.15, -0.1) is 0 Å². The minimum atomic E-state index is -0.466. The number of fused-ring (bicyclic) bond motifs is 1. The van der Waals surface area contributed by atoms with Crippen LogP contribution < -0.4 is 15.8 Å². The predicted octanol–water partition coefficient (Wildman–Crippen LogP) is 2.62. The van der Waals surface area contributed by atoms with Crippen LogP contribution in [0, 0.1) is 0 Å². The van der Waals surface area contributed by atoms with Crippen molar-refractivity contribution in [1.29, 1.82) is 0 Å². The SMILES string of the molecule is CCCCCNc1nc(N)nc2ccn(Cc3ccc(CC(=O)OCC(=O)N4CCOCC4)cc3OC)c12. The van der Waals surface area contributed by atoms with Crippen LogP contribution in [0.1, 0.15) is 37.3 Å². The van der Waals surface area contributed by atoms with E-state index in [1.165, 1.54) is 0 Å². The van der Waals surface area contributed by atoms with E-state index in [0.717, 1.165) is 48.0 Å². The monoisotopic (exact) mass is 524 g/mol. The summed E-state index contributed by atoms with van der Waals surface area (Å²) in [5, 5.41) is 3.41. The molecule has 204 valence electrons. The van der Waals surface area contributed by atoms with Crippen LogP contribution >= 0.6 is 0 Å². The van der Waals surface area contributed by atoms with E-state index in [2.05, 4.69) is 26.8 Å². The van der Waals surface area contributed by atoms with E-state index in [4.69, 9.17) is 19.9 Å². The third-order valence-corrected chi connectivity index (χ3v) is 6.46. The number of amides is 1. The Morgan fingerprint density at radius 2 is 1.97 bits per heavy atom. The topological polar surface area (TPSA) is 134 Å². The molecule has 0 saturated carbocycles. The fraction of sp³-hybridized carbons (Fsp3) is 0.481. The predicted molar refractivity (Wildman–Crippen MR) is 144 cm³/mol. The number of hydrogen-bond donors (Lipinski definition) is 2. The van der Waals surface area contributed by atoms with Gasteiger partial charge in [-0.1, -0.05) is 31.9 Å². The molecule has 0 radical (unpaired) electrons. The number of benzene rings is 1. The van der Waals surface area contributed by atoms with Gasteiger partial charge in [0.15, 0.2) is 12.4 Å². The Labute approximate surface area is 222 Å². The van der Waals surface area contributed by atoms with Gasteiger partial charge in [0, 0.05) is 31.4 Å². The number of nitrogen functional groups attached to an aromatic ring is 1. The summed E-state index contributed by atoms with van der Waals surface area (Å²) in [6, 6.07) is 7.54. The van der Waals surface area contributed by atoms with E-state index in [9.17, 15) is 9.59 Å². The molecular formula is C27H36N6O5. The van der Waals surface area contributed by atoms with Crippen molar-refractivity contribution < 1.29 is 23.8 Å². The van der Waals surface area contributed by atoms with Crippen molar-refractivity contribution in [2.45, 2.75) is 39.2 Å². The van der Waals surface area contributed by atoms with Crippen molar-refractivity contribution in [3.05, 3.63) is 41.6 Å². The summed E-state index contributed by atoms with van der Waals surface area (Å²) < 4.78 is 18.2. The van der Waals surface area contributed by atoms with E-state index in [1.807, 2.05) is 30.5 Å². The first-order valence-electron chi connectivity index (χ1n) is 13.0. The molecule has 3 aromatic rings. The molecule has 0 spiro atoms. The zero-order valence-corrected chi connectivity index (χ0v) is 22.1. The standard InChI is InChI=1S/C27H36N6O5/c1-3-4-5-9-29-26-25-21(30-27(28)31-26)8-10-33(25)17-20-7-6-19(15-22(20)36-2)16-24(35)38-18-23(34)32-11-13-37-14-12-32/h6-8,10,15H,3-5,9,11-14,16-18H2,1-2H3,(H3,28,29,30,31). The van der Waals surface area contributed by atoms with Crippen LogP contribution in [0.4, 0.5) is 11.8 Å². The third kappa shape index (κ3) is 6.91. The van der Waals surface area contributed by atoms with Crippen molar-refractivity contribution in [2.75, 3.05) is 57.6 Å². The molecule has 1 aliphatic rings. The fourth-order valence-electron chi connectivity index (χ4n) is 4.44. The van der Waals surface area contributed by atoms with E-state index < -0.39 is 5.97 Å². The molecule has 2 aromatic heterocycles. The molecular weight excluding hydrogens is 488 g/mol. The molecule has 0 aliphatic carbocycles. The normalized spacial score (nSPS) is 13.5. The van der Waals surface area contributed by atoms with Crippen LogP contribution in [0.5, 0.6) is 5.75 Å². The van der Waals surface area contributed by atoms with Crippen molar-refractivity contribution in [3.63, 3.8) is 0 Å². The Morgan fingerprint density at radius 3 is 2.74 bits per heavy atom. The van der Waals surface area contributed by atoms with Crippen molar-refractivity contribution in [2.24, 2.45) is 0 Å². The van der Waals surface area contributed by atoms with Crippen molar-refractivity contribution in [1.82, 2.24) is 19.4 Å². The smallest absolute Gasteiger partial charge is 0.310 e. The quantitative estimate of drug-likeness (QED) is 0.271. The number of nitrogens with zero attached hydrogens (tertiary/aromatic N) is 4. The van der Waals surface area contributed by atoms with Gasteiger partial charge in [-0.25, -0.2) is 4.98 Å². The first kappa shape index (κ1) is 27.2. The van der Waals surface area contributed by atoms with Crippen LogP contribution in [0.15, 0.2) is 30.5 Å². The number of carbonyl (C=O) groups excluding carboxylic acids is 2. The summed E-state index contributed by atoms with van der Waals surface area (Å²) >= 11 is 0. The lowest BCUT2D eigenvalue weighted by Gasteiger charge is -2.26. The Balaban J connectivity index is 1.42. The zero-order chi connectivity index (χ0) is 26.9. The molecule has 0 unspecified atom stereocenters. The highest BCUT2D eigenvalue weighted by Gasteiger charge is 2.19. The number of esters is 1. The highest BCUT2D eigenvalue weighted by Crippen LogP contribution is 2.27. The number of rotatable bonds is 12. The number of ether oxygens (including phenoxy) is 3. The molecule has 1 aliphatic heterocycles. The lowest BCUT2D eigenvalue weighted by Crippen LogP contribution is -2.42. The van der Waals surface area contributed by atoms with Crippen LogP contribution in [0.2, 0.25) is 0 Å². The Kier molecular flexibility index (Phi) is 9.36. The second-order valence-corrected chi connectivity index (χ2v) is 9.22. The summed E-state index contributed by atoms with van der Waals surface area (Å²) in [6.07, 6.45) is 5.31. The summed E-state index contributed by atoms with van der Waals surface area (Å²) in [7, 11) is 1.60. The van der Waals surface area contributed by atoms with Gasteiger partial charge in [-0.2, -0.15) is 4.98 Å². The first-order valence-corrected chi connectivity index (χ1v) is 13.0. The van der Waals surface area contributed by atoms with E-state index in [0.29, 0.717) is 44.4 Å². The second kappa shape index (κ2) is 13.1. The molecule has 3 N–H and O–H groups in total. The molecule has 38 heavy (non-hydrogen) atoms. The third-order valence-electron chi connectivity index (χ3n) is 6.46. The molecule has 3 heterocycles. The molecule has 0 bridgehead atoms. The molecule has 11 nitrogen and oxygen atoms in total. The Hall–Kier alpha value is -3.86. The molecule has 4 rings (SSSR count). The number of methoxy groups -OCH3 is 1. The zero-order valence-electron chi connectivity index (χ0n) is 22.1. The number of nitrogens with one attached hydrogen (secondary N) is 1. The van der Waals surface area contributed by atoms with Gasteiger partial charge in [0.1, 0.15) is 11.3 Å². The van der Waals surface area contributed by atoms with Crippen LogP contribution in [0.3, 0.4) is 0 Å². The molecule has 1 saturated heterocycles. The lowest BCUT2D eigenvalue weighted by atomic mass is 10.1. The average Bonchev–Trinajstić information content (AvgIpc) is 3.33. The Morgan fingerprint density at radius 1 is 1.16 bits per heavy atom. The summed E-state index contributed by atoms with van der Waals surface area (Å²) in [4.78, 5) is 35.1. The minimum Gasteiger partial charge on any atom is -0.496 e. The first-order chi connectivity index (χ1) is 18.5. The molecule has 1 amide bonds. The number of hydrogen-bond acceptors (Lipinski definition) is 9. The van der Waals surface area contributed by atoms with Gasteiger partial charge >= 0.3 is 5.97 Å². The maximum absolute atomic E-state index is 12.4. The summed E-state index contributed by atoms with van der Waals surface area (Å²) in [5.74, 6) is 0.910. The fourth-order valence-corrected chi connectivity index (χ4v) is 4.44. The maximum atomic E-state index is 12.4. The number of aromatic nitrogens is 3. The van der Waals surface area contributed by atoms with E-state index in [1.54, 1.807) is 12.0 Å². The number of carbonyl (C=O) groups is 2. The van der Waals surface area contributed by atoms with Gasteiger partial charge < -0.3 is 34.7 Å². The number of unbranched alkanes of at least 4 members (excludes halogenated alkanes) is 2. The lowest BCUT2D eigenvalue weighted by molar-refractivity contribution is -0.153. The van der Waals surface area contributed by atoms with Gasteiger partial charge in [0.2, 0.25) is 5.95 Å². The van der Waals surface area contributed by atoms with Crippen molar-refractivity contribution >= 4 is 34.7 Å². The summed E-state index contributed by atoms with van der Waals surface area (Å²) in [5.41, 5.74) is 9.24. The molecule has 1 fully saturated rings. The van der Waals surface area contributed by atoms with Crippen LogP contribution in [0.25, 0.3) is 11.0 Å². The molecule has 0 atom stereocenters. The highest BCUT2D eigenvalue weighted by atomic mass is 16.5. The second-order valence-electron chi connectivity index (χ2n) is 9.22. The van der Waals surface area contributed by atoms with Gasteiger partial charge in [0.05, 0.1) is 38.8 Å². The number of morpholine rings is 1. The average molecular weight is 525 g/mol. The Bertz CT molecular complexity index is 1250. The highest BCUT2D eigenvalue weighted by molar-refractivity contribution is 5.87. The number of nitrogens with two attached hydrogens (primary N) is 1. The largest absolute Gasteiger partial charge is 0.496 e. The van der Waals surface area contributed by atoms with Gasteiger partial charge in [0.25, 0.3) is 5.91 Å². The van der Waals surface area contributed by atoms with E-state index >= 15 is 0 Å². The van der Waals surface area contributed by atoms with Crippen molar-refractivity contribution in [3.8, 4) is 5.75 Å². The minimum absolute atomic E-state index is 0.0401. The molecule has 1 aromatic carbocycles. The number of anilines is 2. The van der Waals surface area contributed by atoms with Crippen LogP contribution in [-0.2, 0) is 32.0 Å². The van der Waals surface area contributed by atoms with Gasteiger partial charge in [-0.05, 0) is 24.1 Å². The summed E-state index contributed by atoms with van der Waals surface area (Å²) in [6.45, 7) is 5.25. The van der Waals surface area contributed by atoms with E-state index in [-0.39, 0.29) is 24.9 Å². The van der Waals surface area contributed by atoms with Gasteiger partial charge in [-0.3, -0.25) is 9.59 Å². The molecule has 11 heteroatoms.